The highest BCUT2D eigenvalue weighted by Gasteiger charge is 2.49. The molecule has 1 amide bonds. The van der Waals surface area contributed by atoms with Crippen LogP contribution in [-0.4, -0.2) is 101 Å². The van der Waals surface area contributed by atoms with E-state index < -0.39 is 29.2 Å². The maximum Gasteiger partial charge on any atom is 0.410 e. The second-order valence-corrected chi connectivity index (χ2v) is 12.0. The third-order valence-electron chi connectivity index (χ3n) is 7.79. The summed E-state index contributed by atoms with van der Waals surface area (Å²) >= 11 is 6.07. The molecule has 0 aliphatic carbocycles. The number of ether oxygens (including phenoxy) is 3. The number of anilines is 1. The van der Waals surface area contributed by atoms with Gasteiger partial charge in [0.1, 0.15) is 35.1 Å². The number of fused-ring (bicyclic) bond motifs is 2. The lowest BCUT2D eigenvalue weighted by Gasteiger charge is -2.31. The first-order chi connectivity index (χ1) is 18.4. The summed E-state index contributed by atoms with van der Waals surface area (Å²) in [6.07, 6.45) is 1.50. The maximum absolute atomic E-state index is 15.3. The Balaban J connectivity index is 1.47. The standard InChI is InChI=1S/C26H35ClF2N6O4/c1-25(2,3)39-24(36)34-10-7-16(13-34)33(4)21-17-19(18(29)20(27)31-22(17)37-5)30-23(32-21)38-14-26-8-6-9-35(26)12-15(28)11-26/h15-16H,6-14H2,1-5H3/t15-,16-,26+/m1/s1. The minimum atomic E-state index is -0.907. The molecule has 0 saturated carbocycles. The van der Waals surface area contributed by atoms with E-state index in [0.717, 1.165) is 19.4 Å². The first-order valence-corrected chi connectivity index (χ1v) is 13.6. The lowest BCUT2D eigenvalue weighted by molar-refractivity contribution is 0.0292. The van der Waals surface area contributed by atoms with E-state index in [1.165, 1.54) is 7.11 Å². The van der Waals surface area contributed by atoms with E-state index in [2.05, 4.69) is 19.9 Å². The zero-order chi connectivity index (χ0) is 28.1. The lowest BCUT2D eigenvalue weighted by Crippen LogP contribution is -2.43. The molecule has 0 aromatic carbocycles. The number of carbonyl (C=O) groups is 1. The summed E-state index contributed by atoms with van der Waals surface area (Å²) in [5.41, 5.74) is -1.12. The average molecular weight is 569 g/mol. The van der Waals surface area contributed by atoms with Crippen molar-refractivity contribution in [3.63, 3.8) is 0 Å². The third kappa shape index (κ3) is 5.37. The highest BCUT2D eigenvalue weighted by Crippen LogP contribution is 2.41. The largest absolute Gasteiger partial charge is 0.480 e. The number of halogens is 3. The van der Waals surface area contributed by atoms with Crippen molar-refractivity contribution in [1.29, 1.82) is 0 Å². The monoisotopic (exact) mass is 568 g/mol. The summed E-state index contributed by atoms with van der Waals surface area (Å²) in [7, 11) is 3.22. The summed E-state index contributed by atoms with van der Waals surface area (Å²) in [5, 5.41) is -0.137. The molecule has 3 atom stereocenters. The Bertz CT molecular complexity index is 1260. The summed E-state index contributed by atoms with van der Waals surface area (Å²) in [6, 6.07) is -0.198. The number of carbonyl (C=O) groups excluding carboxylic acids is 1. The molecule has 214 valence electrons. The molecule has 0 spiro atoms. The normalized spacial score (nSPS) is 25.3. The number of likely N-dealkylation sites (tertiary alicyclic amines) is 1. The fourth-order valence-electron chi connectivity index (χ4n) is 5.91. The van der Waals surface area contributed by atoms with E-state index in [0.29, 0.717) is 38.3 Å². The number of nitrogens with zero attached hydrogens (tertiary/aromatic N) is 6. The van der Waals surface area contributed by atoms with E-state index in [4.69, 9.17) is 25.8 Å². The van der Waals surface area contributed by atoms with Gasteiger partial charge in [0.15, 0.2) is 11.0 Å². The minimum Gasteiger partial charge on any atom is -0.480 e. The van der Waals surface area contributed by atoms with Gasteiger partial charge in [0, 0.05) is 39.1 Å². The number of rotatable bonds is 6. The smallest absolute Gasteiger partial charge is 0.410 e. The maximum atomic E-state index is 15.3. The van der Waals surface area contributed by atoms with Gasteiger partial charge in [-0.15, -0.1) is 0 Å². The molecular formula is C26H35ClF2N6O4. The molecule has 13 heteroatoms. The van der Waals surface area contributed by atoms with Crippen LogP contribution in [0, 0.1) is 5.82 Å². The van der Waals surface area contributed by atoms with Gasteiger partial charge in [-0.3, -0.25) is 4.90 Å². The molecule has 2 aromatic heterocycles. The molecule has 3 fully saturated rings. The lowest BCUT2D eigenvalue weighted by atomic mass is 9.95. The van der Waals surface area contributed by atoms with E-state index in [1.807, 2.05) is 32.7 Å². The molecule has 5 heterocycles. The van der Waals surface area contributed by atoms with Crippen LogP contribution in [0.3, 0.4) is 0 Å². The van der Waals surface area contributed by atoms with Gasteiger partial charge in [0.05, 0.1) is 12.6 Å². The molecule has 0 unspecified atom stereocenters. The van der Waals surface area contributed by atoms with Gasteiger partial charge < -0.3 is 24.0 Å². The van der Waals surface area contributed by atoms with Crippen LogP contribution in [-0.2, 0) is 4.74 Å². The van der Waals surface area contributed by atoms with Crippen LogP contribution in [0.25, 0.3) is 10.9 Å². The Morgan fingerprint density at radius 2 is 2.00 bits per heavy atom. The Kier molecular flexibility index (Phi) is 7.38. The number of amides is 1. The number of methoxy groups -OCH3 is 1. The molecule has 5 rings (SSSR count). The Labute approximate surface area is 231 Å². The summed E-state index contributed by atoms with van der Waals surface area (Å²) < 4.78 is 46.6. The number of hydrogen-bond donors (Lipinski definition) is 0. The van der Waals surface area contributed by atoms with Crippen LogP contribution in [0.15, 0.2) is 0 Å². The minimum absolute atomic E-state index is 0.0434. The highest BCUT2D eigenvalue weighted by atomic mass is 35.5. The second-order valence-electron chi connectivity index (χ2n) is 11.6. The van der Waals surface area contributed by atoms with E-state index in [1.54, 1.807) is 4.90 Å². The molecule has 0 N–H and O–H groups in total. The molecule has 3 aliphatic rings. The van der Waals surface area contributed by atoms with Crippen LogP contribution in [0.2, 0.25) is 5.15 Å². The van der Waals surface area contributed by atoms with Gasteiger partial charge in [-0.05, 0) is 46.6 Å². The molecule has 39 heavy (non-hydrogen) atoms. The van der Waals surface area contributed by atoms with E-state index in [-0.39, 0.29) is 40.6 Å². The number of aromatic nitrogens is 3. The molecule has 10 nitrogen and oxygen atoms in total. The van der Waals surface area contributed by atoms with Crippen molar-refractivity contribution in [3.8, 4) is 11.9 Å². The van der Waals surface area contributed by atoms with Crippen LogP contribution < -0.4 is 14.4 Å². The van der Waals surface area contributed by atoms with Gasteiger partial charge in [-0.25, -0.2) is 13.6 Å². The summed E-state index contributed by atoms with van der Waals surface area (Å²) in [6.45, 7) is 7.74. The first kappa shape index (κ1) is 27.8. The molecule has 3 saturated heterocycles. The summed E-state index contributed by atoms with van der Waals surface area (Å²) in [5.74, 6) is -0.411. The molecule has 3 aliphatic heterocycles. The van der Waals surface area contributed by atoms with Crippen LogP contribution in [0.5, 0.6) is 11.9 Å². The van der Waals surface area contributed by atoms with Crippen LogP contribution >= 0.6 is 11.6 Å². The fourth-order valence-corrected chi connectivity index (χ4v) is 6.08. The van der Waals surface area contributed by atoms with Gasteiger partial charge in [0.2, 0.25) is 5.88 Å². The Morgan fingerprint density at radius 1 is 1.23 bits per heavy atom. The number of likely N-dealkylation sites (N-methyl/N-ethyl adjacent to an activating group) is 1. The van der Waals surface area contributed by atoms with E-state index in [9.17, 15) is 9.18 Å². The number of pyridine rings is 1. The van der Waals surface area contributed by atoms with Gasteiger partial charge in [0.25, 0.3) is 0 Å². The molecule has 2 aromatic rings. The van der Waals surface area contributed by atoms with Crippen molar-refractivity contribution in [2.75, 3.05) is 51.8 Å². The zero-order valence-corrected chi connectivity index (χ0v) is 23.7. The number of hydrogen-bond acceptors (Lipinski definition) is 9. The van der Waals surface area contributed by atoms with Gasteiger partial charge >= 0.3 is 12.1 Å². The van der Waals surface area contributed by atoms with Crippen LogP contribution in [0.1, 0.15) is 46.5 Å². The SMILES string of the molecule is COc1nc(Cl)c(F)c2nc(OC[C@@]34CCCN3C[C@H](F)C4)nc(N(C)[C@@H]3CCN(C(=O)OC(C)(C)C)C3)c12. The van der Waals surface area contributed by atoms with Crippen molar-refractivity contribution in [2.45, 2.75) is 69.8 Å². The van der Waals surface area contributed by atoms with Crippen molar-refractivity contribution < 1.29 is 27.8 Å². The fraction of sp³-hybridized carbons (Fsp3) is 0.692. The third-order valence-corrected chi connectivity index (χ3v) is 8.04. The van der Waals surface area contributed by atoms with Gasteiger partial charge in [-0.2, -0.15) is 15.0 Å². The van der Waals surface area contributed by atoms with Crippen molar-refractivity contribution in [2.24, 2.45) is 0 Å². The predicted octanol–water partition coefficient (Wildman–Crippen LogP) is 4.23. The Morgan fingerprint density at radius 3 is 2.72 bits per heavy atom. The van der Waals surface area contributed by atoms with Crippen LogP contribution in [0.4, 0.5) is 19.4 Å². The van der Waals surface area contributed by atoms with Gasteiger partial charge in [-0.1, -0.05) is 11.6 Å². The zero-order valence-electron chi connectivity index (χ0n) is 23.0. The first-order valence-electron chi connectivity index (χ1n) is 13.2. The molecule has 0 radical (unpaired) electrons. The predicted molar refractivity (Wildman–Crippen MR) is 142 cm³/mol. The Hall–Kier alpha value is -2.73. The highest BCUT2D eigenvalue weighted by molar-refractivity contribution is 6.30. The van der Waals surface area contributed by atoms with Crippen molar-refractivity contribution in [1.82, 2.24) is 24.8 Å². The van der Waals surface area contributed by atoms with Crippen molar-refractivity contribution in [3.05, 3.63) is 11.0 Å². The topological polar surface area (TPSA) is 93.2 Å². The molecular weight excluding hydrogens is 534 g/mol. The second kappa shape index (κ2) is 10.3. The molecule has 0 bridgehead atoms. The summed E-state index contributed by atoms with van der Waals surface area (Å²) in [4.78, 5) is 31.3. The van der Waals surface area contributed by atoms with E-state index >= 15 is 4.39 Å². The average Bonchev–Trinajstić information content (AvgIpc) is 3.57. The van der Waals surface area contributed by atoms with Crippen molar-refractivity contribution >= 4 is 34.4 Å². The number of alkyl halides is 1. The quantitative estimate of drug-likeness (QED) is 0.475.